The molecule has 1 aliphatic carbocycles. The lowest BCUT2D eigenvalue weighted by Crippen LogP contribution is -2.54. The summed E-state index contributed by atoms with van der Waals surface area (Å²) in [6.07, 6.45) is 6.62. The van der Waals surface area contributed by atoms with Gasteiger partial charge >= 0.3 is 0 Å². The first kappa shape index (κ1) is 12.9. The number of amides is 1. The molecule has 2 rings (SSSR count). The standard InChI is InChI=1S/C14H26N2O/c1-11-6-9-16(10-7-11)13(17)12-5-3-4-8-14(12,2)15/h11-12H,3-10,15H2,1-2H3. The monoisotopic (exact) mass is 238 g/mol. The fraction of sp³-hybridized carbons (Fsp3) is 0.929. The molecule has 1 saturated heterocycles. The van der Waals surface area contributed by atoms with Crippen LogP contribution < -0.4 is 5.73 Å². The Bertz CT molecular complexity index is 280. The van der Waals surface area contributed by atoms with Gasteiger partial charge in [0.25, 0.3) is 0 Å². The number of rotatable bonds is 1. The Morgan fingerprint density at radius 3 is 2.47 bits per heavy atom. The first-order chi connectivity index (χ1) is 8.00. The third kappa shape index (κ3) is 2.82. The van der Waals surface area contributed by atoms with Crippen LogP contribution >= 0.6 is 0 Å². The van der Waals surface area contributed by atoms with E-state index in [-0.39, 0.29) is 11.5 Å². The average Bonchev–Trinajstić information content (AvgIpc) is 2.28. The van der Waals surface area contributed by atoms with Crippen LogP contribution in [0.4, 0.5) is 0 Å². The number of piperidine rings is 1. The van der Waals surface area contributed by atoms with E-state index in [2.05, 4.69) is 18.7 Å². The van der Waals surface area contributed by atoms with Gasteiger partial charge in [-0.25, -0.2) is 0 Å². The minimum Gasteiger partial charge on any atom is -0.342 e. The predicted octanol–water partition coefficient (Wildman–Crippen LogP) is 2.15. The van der Waals surface area contributed by atoms with Gasteiger partial charge in [-0.1, -0.05) is 19.8 Å². The van der Waals surface area contributed by atoms with E-state index in [0.29, 0.717) is 5.91 Å². The first-order valence-electron chi connectivity index (χ1n) is 7.08. The summed E-state index contributed by atoms with van der Waals surface area (Å²) in [6, 6.07) is 0. The van der Waals surface area contributed by atoms with Gasteiger partial charge in [-0.05, 0) is 38.5 Å². The van der Waals surface area contributed by atoms with Crippen molar-refractivity contribution in [1.82, 2.24) is 4.90 Å². The van der Waals surface area contributed by atoms with Crippen LogP contribution in [-0.2, 0) is 4.79 Å². The van der Waals surface area contributed by atoms with E-state index < -0.39 is 0 Å². The SMILES string of the molecule is CC1CCN(C(=O)C2CCCCC2(C)N)CC1. The number of nitrogens with zero attached hydrogens (tertiary/aromatic N) is 1. The van der Waals surface area contributed by atoms with Crippen molar-refractivity contribution in [2.24, 2.45) is 17.6 Å². The van der Waals surface area contributed by atoms with Gasteiger partial charge in [0.15, 0.2) is 0 Å². The summed E-state index contributed by atoms with van der Waals surface area (Å²) in [5.41, 5.74) is 6.03. The van der Waals surface area contributed by atoms with Crippen molar-refractivity contribution in [3.63, 3.8) is 0 Å². The maximum absolute atomic E-state index is 12.5. The molecule has 1 heterocycles. The van der Waals surface area contributed by atoms with E-state index in [1.165, 1.54) is 6.42 Å². The van der Waals surface area contributed by atoms with Crippen molar-refractivity contribution in [2.75, 3.05) is 13.1 Å². The molecule has 0 aromatic rings. The molecule has 2 fully saturated rings. The maximum Gasteiger partial charge on any atom is 0.227 e. The summed E-state index contributed by atoms with van der Waals surface area (Å²) in [6.45, 7) is 6.20. The molecule has 17 heavy (non-hydrogen) atoms. The summed E-state index contributed by atoms with van der Waals surface area (Å²) in [4.78, 5) is 14.6. The highest BCUT2D eigenvalue weighted by Gasteiger charge is 2.40. The highest BCUT2D eigenvalue weighted by molar-refractivity contribution is 5.80. The fourth-order valence-electron chi connectivity index (χ4n) is 3.21. The van der Waals surface area contributed by atoms with Gasteiger partial charge in [-0.3, -0.25) is 4.79 Å². The second-order valence-corrected chi connectivity index (χ2v) is 6.31. The molecule has 2 atom stereocenters. The third-order valence-corrected chi connectivity index (χ3v) is 4.65. The van der Waals surface area contributed by atoms with Crippen molar-refractivity contribution >= 4 is 5.91 Å². The molecule has 1 aliphatic heterocycles. The molecule has 1 saturated carbocycles. The van der Waals surface area contributed by atoms with Gasteiger partial charge in [-0.2, -0.15) is 0 Å². The normalized spacial score (nSPS) is 35.9. The van der Waals surface area contributed by atoms with E-state index >= 15 is 0 Å². The molecule has 0 spiro atoms. The molecule has 1 amide bonds. The summed E-state index contributed by atoms with van der Waals surface area (Å²) < 4.78 is 0. The zero-order valence-electron chi connectivity index (χ0n) is 11.2. The van der Waals surface area contributed by atoms with Gasteiger partial charge < -0.3 is 10.6 Å². The first-order valence-corrected chi connectivity index (χ1v) is 7.08. The van der Waals surface area contributed by atoms with Crippen molar-refractivity contribution < 1.29 is 4.79 Å². The lowest BCUT2D eigenvalue weighted by molar-refractivity contribution is -0.140. The van der Waals surface area contributed by atoms with Crippen LogP contribution in [0.5, 0.6) is 0 Å². The zero-order chi connectivity index (χ0) is 12.5. The van der Waals surface area contributed by atoms with Crippen LogP contribution in [0.3, 0.4) is 0 Å². The Kier molecular flexibility index (Phi) is 3.76. The van der Waals surface area contributed by atoms with Crippen LogP contribution in [0, 0.1) is 11.8 Å². The highest BCUT2D eigenvalue weighted by atomic mass is 16.2. The molecule has 2 unspecified atom stereocenters. The number of hydrogen-bond donors (Lipinski definition) is 1. The van der Waals surface area contributed by atoms with Crippen LogP contribution in [0.15, 0.2) is 0 Å². The number of nitrogens with two attached hydrogens (primary N) is 1. The number of carbonyl (C=O) groups is 1. The predicted molar refractivity (Wildman–Crippen MR) is 69.5 cm³/mol. The van der Waals surface area contributed by atoms with Crippen molar-refractivity contribution in [3.8, 4) is 0 Å². The van der Waals surface area contributed by atoms with E-state index in [0.717, 1.165) is 51.1 Å². The van der Waals surface area contributed by atoms with Gasteiger partial charge in [0, 0.05) is 18.6 Å². The van der Waals surface area contributed by atoms with E-state index in [1.807, 2.05) is 0 Å². The summed E-state index contributed by atoms with van der Waals surface area (Å²) >= 11 is 0. The second-order valence-electron chi connectivity index (χ2n) is 6.31. The molecule has 3 nitrogen and oxygen atoms in total. The van der Waals surface area contributed by atoms with Crippen LogP contribution in [-0.4, -0.2) is 29.4 Å². The molecular weight excluding hydrogens is 212 g/mol. The summed E-state index contributed by atoms with van der Waals surface area (Å²) in [7, 11) is 0. The smallest absolute Gasteiger partial charge is 0.227 e. The molecule has 3 heteroatoms. The lowest BCUT2D eigenvalue weighted by atomic mass is 9.73. The Hall–Kier alpha value is -0.570. The third-order valence-electron chi connectivity index (χ3n) is 4.65. The Balaban J connectivity index is 1.99. The van der Waals surface area contributed by atoms with E-state index in [1.54, 1.807) is 0 Å². The van der Waals surface area contributed by atoms with Gasteiger partial charge in [0.2, 0.25) is 5.91 Å². The van der Waals surface area contributed by atoms with Gasteiger partial charge in [0.1, 0.15) is 0 Å². The van der Waals surface area contributed by atoms with E-state index in [4.69, 9.17) is 5.73 Å². The molecule has 2 N–H and O–H groups in total. The molecular formula is C14H26N2O. The van der Waals surface area contributed by atoms with Gasteiger partial charge in [-0.15, -0.1) is 0 Å². The highest BCUT2D eigenvalue weighted by Crippen LogP contribution is 2.33. The van der Waals surface area contributed by atoms with Crippen LogP contribution in [0.1, 0.15) is 52.4 Å². The Labute approximate surface area is 105 Å². The van der Waals surface area contributed by atoms with Crippen molar-refractivity contribution in [2.45, 2.75) is 57.9 Å². The topological polar surface area (TPSA) is 46.3 Å². The van der Waals surface area contributed by atoms with E-state index in [9.17, 15) is 4.79 Å². The lowest BCUT2D eigenvalue weighted by Gasteiger charge is -2.41. The summed E-state index contributed by atoms with van der Waals surface area (Å²) in [5, 5.41) is 0. The molecule has 2 aliphatic rings. The van der Waals surface area contributed by atoms with Crippen LogP contribution in [0.25, 0.3) is 0 Å². The van der Waals surface area contributed by atoms with Crippen LogP contribution in [0.2, 0.25) is 0 Å². The Morgan fingerprint density at radius 1 is 1.24 bits per heavy atom. The summed E-state index contributed by atoms with van der Waals surface area (Å²) in [5.74, 6) is 1.15. The second kappa shape index (κ2) is 4.97. The zero-order valence-corrected chi connectivity index (χ0v) is 11.2. The molecule has 98 valence electrons. The van der Waals surface area contributed by atoms with Gasteiger partial charge in [0.05, 0.1) is 5.92 Å². The quantitative estimate of drug-likeness (QED) is 0.761. The minimum absolute atomic E-state index is 0.0599. The number of hydrogen-bond acceptors (Lipinski definition) is 2. The number of likely N-dealkylation sites (tertiary alicyclic amines) is 1. The molecule has 0 aromatic heterocycles. The van der Waals surface area contributed by atoms with Crippen molar-refractivity contribution in [3.05, 3.63) is 0 Å². The fourth-order valence-corrected chi connectivity index (χ4v) is 3.21. The molecule has 0 bridgehead atoms. The molecule has 0 radical (unpaired) electrons. The minimum atomic E-state index is -0.279. The van der Waals surface area contributed by atoms with Crippen molar-refractivity contribution in [1.29, 1.82) is 0 Å². The Morgan fingerprint density at radius 2 is 1.88 bits per heavy atom. The average molecular weight is 238 g/mol. The largest absolute Gasteiger partial charge is 0.342 e. The molecule has 0 aromatic carbocycles. The number of carbonyl (C=O) groups excluding carboxylic acids is 1. The maximum atomic E-state index is 12.5.